The first-order valence-electron chi connectivity index (χ1n) is 8.15. The van der Waals surface area contributed by atoms with E-state index in [9.17, 15) is 4.79 Å². The van der Waals surface area contributed by atoms with Gasteiger partial charge in [0.2, 0.25) is 0 Å². The van der Waals surface area contributed by atoms with Crippen LogP contribution in [0.2, 0.25) is 0 Å². The van der Waals surface area contributed by atoms with E-state index in [4.69, 9.17) is 19.4 Å². The highest BCUT2D eigenvalue weighted by Gasteiger charge is 2.61. The number of hydroxylamine groups is 2. The van der Waals surface area contributed by atoms with Crippen LogP contribution >= 0.6 is 0 Å². The Bertz CT molecular complexity index is 421. The average molecular weight is 316 g/mol. The largest absolute Gasteiger partial charge is 0.463 e. The Morgan fingerprint density at radius 2 is 1.95 bits per heavy atom. The van der Waals surface area contributed by atoms with Crippen molar-refractivity contribution in [1.29, 1.82) is 0 Å². The van der Waals surface area contributed by atoms with Crippen molar-refractivity contribution >= 4 is 5.97 Å². The summed E-state index contributed by atoms with van der Waals surface area (Å²) in [6.45, 7) is 10.4. The molecule has 2 aliphatic rings. The monoisotopic (exact) mass is 316 g/mol. The lowest BCUT2D eigenvalue weighted by Gasteiger charge is -2.53. The zero-order chi connectivity index (χ0) is 16.6. The lowest BCUT2D eigenvalue weighted by Crippen LogP contribution is -2.66. The van der Waals surface area contributed by atoms with Crippen LogP contribution in [0.15, 0.2) is 0 Å². The fraction of sp³-hybridized carbons (Fsp3) is 0.938. The molecule has 128 valence electrons. The SMILES string of the molecule is CCC1(CC)CC2(CC(C)(C)N1[OH2+])OCC(COC(C)=O)O2. The Hall–Kier alpha value is -0.690. The number of nitrogens with zero attached hydrogens (tertiary/aromatic N) is 1. The van der Waals surface area contributed by atoms with Gasteiger partial charge >= 0.3 is 5.97 Å². The summed E-state index contributed by atoms with van der Waals surface area (Å²) in [5.41, 5.74) is -0.585. The highest BCUT2D eigenvalue weighted by Crippen LogP contribution is 2.49. The highest BCUT2D eigenvalue weighted by molar-refractivity contribution is 5.65. The number of carbonyl (C=O) groups excluding carboxylic acids is 1. The molecule has 22 heavy (non-hydrogen) atoms. The Morgan fingerprint density at radius 3 is 2.50 bits per heavy atom. The molecule has 6 nitrogen and oxygen atoms in total. The second-order valence-electron chi connectivity index (χ2n) is 7.20. The molecule has 0 aromatic heterocycles. The van der Waals surface area contributed by atoms with Gasteiger partial charge in [0.25, 0.3) is 0 Å². The smallest absolute Gasteiger partial charge is 0.302 e. The molecule has 2 aliphatic heterocycles. The van der Waals surface area contributed by atoms with Crippen LogP contribution in [0.3, 0.4) is 0 Å². The number of rotatable bonds is 4. The molecule has 2 fully saturated rings. The van der Waals surface area contributed by atoms with Crippen LogP contribution in [-0.2, 0) is 19.0 Å². The second kappa shape index (κ2) is 6.07. The summed E-state index contributed by atoms with van der Waals surface area (Å²) in [4.78, 5) is 11.0. The van der Waals surface area contributed by atoms with Gasteiger partial charge in [-0.25, -0.2) is 0 Å². The molecule has 2 N–H and O–H groups in total. The Balaban J connectivity index is 2.16. The van der Waals surface area contributed by atoms with Gasteiger partial charge in [0.1, 0.15) is 12.7 Å². The van der Waals surface area contributed by atoms with E-state index in [1.54, 1.807) is 5.06 Å². The summed E-state index contributed by atoms with van der Waals surface area (Å²) in [7, 11) is 0. The van der Waals surface area contributed by atoms with E-state index in [0.29, 0.717) is 19.4 Å². The molecule has 1 spiro atoms. The number of piperidine rings is 1. The zero-order valence-electron chi connectivity index (χ0n) is 14.4. The minimum atomic E-state index is -0.669. The third-order valence-corrected chi connectivity index (χ3v) is 5.08. The molecule has 2 rings (SSSR count). The second-order valence-corrected chi connectivity index (χ2v) is 7.20. The van der Waals surface area contributed by atoms with Crippen molar-refractivity contribution in [3.05, 3.63) is 0 Å². The molecule has 0 aliphatic carbocycles. The van der Waals surface area contributed by atoms with Gasteiger partial charge in [0.05, 0.1) is 17.7 Å². The maximum atomic E-state index is 11.0. The van der Waals surface area contributed by atoms with Crippen molar-refractivity contribution in [3.8, 4) is 0 Å². The Morgan fingerprint density at radius 1 is 1.32 bits per heavy atom. The molecule has 0 saturated carbocycles. The third-order valence-electron chi connectivity index (χ3n) is 5.08. The maximum absolute atomic E-state index is 11.0. The summed E-state index contributed by atoms with van der Waals surface area (Å²) < 4.78 is 17.3. The van der Waals surface area contributed by atoms with E-state index < -0.39 is 5.79 Å². The molecule has 0 aromatic rings. The predicted octanol–water partition coefficient (Wildman–Crippen LogP) is 1.73. The number of ether oxygens (including phenoxy) is 3. The molecular formula is C16H30NO5+. The van der Waals surface area contributed by atoms with Gasteiger partial charge in [-0.3, -0.25) is 4.79 Å². The van der Waals surface area contributed by atoms with Crippen molar-refractivity contribution in [2.24, 2.45) is 0 Å². The van der Waals surface area contributed by atoms with Crippen LogP contribution in [-0.4, -0.2) is 52.4 Å². The van der Waals surface area contributed by atoms with Crippen molar-refractivity contribution in [2.45, 2.75) is 83.3 Å². The van der Waals surface area contributed by atoms with Crippen molar-refractivity contribution in [2.75, 3.05) is 13.2 Å². The molecule has 0 bridgehead atoms. The highest BCUT2D eigenvalue weighted by atomic mass is 16.8. The minimum Gasteiger partial charge on any atom is -0.463 e. The van der Waals surface area contributed by atoms with Gasteiger partial charge in [-0.05, 0) is 26.7 Å². The van der Waals surface area contributed by atoms with Crippen LogP contribution in [0.4, 0.5) is 0 Å². The standard InChI is InChI=1S/C16H29NO5/c1-6-15(7-2)11-16(10-14(4,5)17(15)19)21-9-13(22-16)8-20-12(3)18/h13,19H,6-11H2,1-5H3/p+1. The number of esters is 1. The summed E-state index contributed by atoms with van der Waals surface area (Å²) in [6.07, 6.45) is 2.85. The van der Waals surface area contributed by atoms with E-state index in [-0.39, 0.29) is 29.8 Å². The van der Waals surface area contributed by atoms with E-state index >= 15 is 0 Å². The molecule has 6 heteroatoms. The Kier molecular flexibility index (Phi) is 4.88. The quantitative estimate of drug-likeness (QED) is 0.583. The lowest BCUT2D eigenvalue weighted by atomic mass is 9.73. The third kappa shape index (κ3) is 3.15. The molecule has 2 saturated heterocycles. The fourth-order valence-corrected chi connectivity index (χ4v) is 3.93. The van der Waals surface area contributed by atoms with Gasteiger partial charge in [-0.15, -0.1) is 0 Å². The molecule has 0 amide bonds. The number of hydrogen-bond donors (Lipinski definition) is 0. The van der Waals surface area contributed by atoms with Crippen LogP contribution < -0.4 is 0 Å². The zero-order valence-corrected chi connectivity index (χ0v) is 14.4. The van der Waals surface area contributed by atoms with E-state index in [1.807, 2.05) is 0 Å². The Labute approximate surface area is 132 Å². The normalized spacial score (nSPS) is 34.0. The van der Waals surface area contributed by atoms with Crippen LogP contribution in [0.5, 0.6) is 0 Å². The molecule has 0 radical (unpaired) electrons. The first-order valence-corrected chi connectivity index (χ1v) is 8.15. The van der Waals surface area contributed by atoms with Crippen LogP contribution in [0.1, 0.15) is 60.3 Å². The average Bonchev–Trinajstić information content (AvgIpc) is 2.83. The summed E-state index contributed by atoms with van der Waals surface area (Å²) in [5.74, 6) is -0.972. The maximum Gasteiger partial charge on any atom is 0.302 e. The first kappa shape index (κ1) is 17.7. The van der Waals surface area contributed by atoms with Crippen LogP contribution in [0.25, 0.3) is 0 Å². The number of carbonyl (C=O) groups is 1. The van der Waals surface area contributed by atoms with Gasteiger partial charge in [0, 0.05) is 19.8 Å². The van der Waals surface area contributed by atoms with Gasteiger partial charge < -0.3 is 19.4 Å². The van der Waals surface area contributed by atoms with Gasteiger partial charge in [0.15, 0.2) is 5.79 Å². The first-order chi connectivity index (χ1) is 10.2. The molecule has 2 unspecified atom stereocenters. The molecular weight excluding hydrogens is 286 g/mol. The van der Waals surface area contributed by atoms with Crippen molar-refractivity contribution < 1.29 is 24.2 Å². The van der Waals surface area contributed by atoms with Crippen molar-refractivity contribution in [3.63, 3.8) is 0 Å². The van der Waals surface area contributed by atoms with Crippen molar-refractivity contribution in [1.82, 2.24) is 5.06 Å². The van der Waals surface area contributed by atoms with Gasteiger partial charge in [-0.1, -0.05) is 18.9 Å². The van der Waals surface area contributed by atoms with E-state index in [2.05, 4.69) is 27.7 Å². The molecule has 2 heterocycles. The van der Waals surface area contributed by atoms with Crippen LogP contribution in [0, 0.1) is 0 Å². The lowest BCUT2D eigenvalue weighted by molar-refractivity contribution is -0.327. The van der Waals surface area contributed by atoms with E-state index in [0.717, 1.165) is 12.8 Å². The summed E-state index contributed by atoms with van der Waals surface area (Å²) in [6, 6.07) is 0. The molecule has 2 atom stereocenters. The predicted molar refractivity (Wildman–Crippen MR) is 82.3 cm³/mol. The van der Waals surface area contributed by atoms with Gasteiger partial charge in [-0.2, -0.15) is 0 Å². The number of hydrogen-bond acceptors (Lipinski definition) is 5. The summed E-state index contributed by atoms with van der Waals surface area (Å²) in [5, 5.41) is 10.3. The topological polar surface area (TPSA) is 70.9 Å². The summed E-state index contributed by atoms with van der Waals surface area (Å²) >= 11 is 0. The minimum absolute atomic E-state index is 0.219. The van der Waals surface area contributed by atoms with E-state index in [1.165, 1.54) is 6.92 Å². The molecule has 0 aromatic carbocycles. The fourth-order valence-electron chi connectivity index (χ4n) is 3.93.